The highest BCUT2D eigenvalue weighted by molar-refractivity contribution is 9.11. The molecule has 0 nitrogen and oxygen atoms in total. The largest absolute Gasteiger partial charge is 0.213 e. The molecule has 0 aliphatic carbocycles. The lowest BCUT2D eigenvalue weighted by atomic mass is 9.39. The van der Waals surface area contributed by atoms with Crippen molar-refractivity contribution in [2.24, 2.45) is 0 Å². The molecule has 0 heterocycles. The van der Waals surface area contributed by atoms with Crippen LogP contribution in [0, 0.1) is 11.6 Å². The SMILES string of the molecule is CC(Br)=CCB(c1ccc(F)cc1)c1ccc(F)cc1. The molecule has 0 fully saturated rings. The molecule has 2 aromatic rings. The third-order valence-electron chi connectivity index (χ3n) is 3.18. The predicted octanol–water partition coefficient (Wildman–Crippen LogP) is 3.87. The van der Waals surface area contributed by atoms with Gasteiger partial charge in [-0.2, -0.15) is 0 Å². The van der Waals surface area contributed by atoms with Crippen LogP contribution in [0.25, 0.3) is 0 Å². The summed E-state index contributed by atoms with van der Waals surface area (Å²) in [7, 11) is 0. The average molecular weight is 335 g/mol. The standard InChI is InChI=1S/C16H14BBrF2/c1-12(18)10-11-17(13-2-6-15(19)7-3-13)14-4-8-16(20)9-5-14/h2-10H,11H2,1H3. The zero-order valence-corrected chi connectivity index (χ0v) is 12.7. The van der Waals surface area contributed by atoms with Crippen molar-refractivity contribution in [3.63, 3.8) is 0 Å². The van der Waals surface area contributed by atoms with Gasteiger partial charge in [-0.15, -0.1) is 0 Å². The summed E-state index contributed by atoms with van der Waals surface area (Å²) in [6.45, 7) is 2.05. The zero-order chi connectivity index (χ0) is 14.5. The monoisotopic (exact) mass is 334 g/mol. The van der Waals surface area contributed by atoms with E-state index in [0.717, 1.165) is 21.7 Å². The third kappa shape index (κ3) is 4.04. The Morgan fingerprint density at radius 1 is 0.950 bits per heavy atom. The normalized spacial score (nSPS) is 11.5. The Balaban J connectivity index is 2.36. The Labute approximate surface area is 126 Å². The second-order valence-electron chi connectivity index (χ2n) is 4.68. The van der Waals surface area contributed by atoms with Gasteiger partial charge in [-0.05, 0) is 42.0 Å². The van der Waals surface area contributed by atoms with E-state index in [1.807, 2.05) is 6.92 Å². The maximum absolute atomic E-state index is 13.1. The number of hydrogen-bond donors (Lipinski definition) is 0. The van der Waals surface area contributed by atoms with Crippen molar-refractivity contribution in [3.05, 3.63) is 70.7 Å². The summed E-state index contributed by atoms with van der Waals surface area (Å²) in [5, 5.41) is 0. The van der Waals surface area contributed by atoms with Crippen LogP contribution in [0.3, 0.4) is 0 Å². The van der Waals surface area contributed by atoms with E-state index in [2.05, 4.69) is 22.0 Å². The molecule has 0 amide bonds. The van der Waals surface area contributed by atoms with E-state index in [1.54, 1.807) is 24.3 Å². The second kappa shape index (κ2) is 6.84. The first-order chi connectivity index (χ1) is 9.56. The van der Waals surface area contributed by atoms with Crippen LogP contribution in [0.2, 0.25) is 6.32 Å². The number of benzene rings is 2. The van der Waals surface area contributed by atoms with Crippen LogP contribution in [-0.2, 0) is 0 Å². The first kappa shape index (κ1) is 15.0. The van der Waals surface area contributed by atoms with Crippen LogP contribution >= 0.6 is 15.9 Å². The van der Waals surface area contributed by atoms with E-state index >= 15 is 0 Å². The minimum absolute atomic E-state index is 0.0868. The smallest absolute Gasteiger partial charge is 0.207 e. The molecular formula is C16H14BBrF2. The second-order valence-corrected chi connectivity index (χ2v) is 5.93. The van der Waals surface area contributed by atoms with E-state index in [9.17, 15) is 8.78 Å². The van der Waals surface area contributed by atoms with Crippen molar-refractivity contribution in [1.29, 1.82) is 0 Å². The van der Waals surface area contributed by atoms with Crippen molar-refractivity contribution in [2.45, 2.75) is 13.2 Å². The molecule has 0 aliphatic rings. The fourth-order valence-corrected chi connectivity index (χ4v) is 2.32. The quantitative estimate of drug-likeness (QED) is 0.744. The lowest BCUT2D eigenvalue weighted by Crippen LogP contribution is -2.41. The first-order valence-electron chi connectivity index (χ1n) is 6.39. The van der Waals surface area contributed by atoms with Gasteiger partial charge in [-0.25, -0.2) is 8.78 Å². The van der Waals surface area contributed by atoms with Gasteiger partial charge >= 0.3 is 0 Å². The highest BCUT2D eigenvalue weighted by Gasteiger charge is 2.18. The van der Waals surface area contributed by atoms with Gasteiger partial charge in [0.25, 0.3) is 0 Å². The van der Waals surface area contributed by atoms with Gasteiger partial charge < -0.3 is 0 Å². The van der Waals surface area contributed by atoms with Crippen LogP contribution in [0.5, 0.6) is 0 Å². The average Bonchev–Trinajstić information content (AvgIpc) is 2.42. The first-order valence-corrected chi connectivity index (χ1v) is 7.19. The van der Waals surface area contributed by atoms with Gasteiger partial charge in [0.2, 0.25) is 6.71 Å². The molecule has 0 bridgehead atoms. The minimum atomic E-state index is -0.251. The number of halogens is 3. The summed E-state index contributed by atoms with van der Waals surface area (Å²) in [6.07, 6.45) is 2.84. The molecule has 2 aromatic carbocycles. The highest BCUT2D eigenvalue weighted by Crippen LogP contribution is 2.08. The van der Waals surface area contributed by atoms with Crippen molar-refractivity contribution in [1.82, 2.24) is 0 Å². The molecule has 0 atom stereocenters. The maximum Gasteiger partial charge on any atom is 0.213 e. The molecule has 102 valence electrons. The van der Waals surface area contributed by atoms with Crippen molar-refractivity contribution >= 4 is 33.6 Å². The molecule has 0 unspecified atom stereocenters. The minimum Gasteiger partial charge on any atom is -0.207 e. The lowest BCUT2D eigenvalue weighted by Gasteiger charge is -2.13. The van der Waals surface area contributed by atoms with E-state index in [-0.39, 0.29) is 18.3 Å². The van der Waals surface area contributed by atoms with Gasteiger partial charge in [-0.1, -0.05) is 57.2 Å². The van der Waals surface area contributed by atoms with Crippen molar-refractivity contribution in [2.75, 3.05) is 0 Å². The van der Waals surface area contributed by atoms with E-state index in [4.69, 9.17) is 0 Å². The van der Waals surface area contributed by atoms with Gasteiger partial charge in [0.15, 0.2) is 0 Å². The molecule has 4 heteroatoms. The predicted molar refractivity (Wildman–Crippen MR) is 85.3 cm³/mol. The summed E-state index contributed by atoms with van der Waals surface area (Å²) >= 11 is 3.41. The topological polar surface area (TPSA) is 0 Å². The molecule has 0 aromatic heterocycles. The van der Waals surface area contributed by atoms with E-state index < -0.39 is 0 Å². The third-order valence-corrected chi connectivity index (χ3v) is 3.50. The number of hydrogen-bond acceptors (Lipinski definition) is 0. The van der Waals surface area contributed by atoms with Crippen molar-refractivity contribution in [3.8, 4) is 0 Å². The molecule has 0 aliphatic heterocycles. The Hall–Kier alpha value is -1.42. The molecule has 2 rings (SSSR count). The van der Waals surface area contributed by atoms with Crippen LogP contribution in [0.1, 0.15) is 6.92 Å². The van der Waals surface area contributed by atoms with Gasteiger partial charge in [-0.3, -0.25) is 0 Å². The summed E-state index contributed by atoms with van der Waals surface area (Å²) in [5.41, 5.74) is 2.03. The highest BCUT2D eigenvalue weighted by atomic mass is 79.9. The molecule has 0 radical (unpaired) electrons. The molecule has 0 saturated heterocycles. The number of allylic oxidation sites excluding steroid dienone is 2. The van der Waals surface area contributed by atoms with Gasteiger partial charge in [0, 0.05) is 0 Å². The fraction of sp³-hybridized carbons (Fsp3) is 0.125. The summed E-state index contributed by atoms with van der Waals surface area (Å²) in [5.74, 6) is -0.502. The zero-order valence-electron chi connectivity index (χ0n) is 11.1. The lowest BCUT2D eigenvalue weighted by molar-refractivity contribution is 0.628. The molecular weight excluding hydrogens is 321 g/mol. The van der Waals surface area contributed by atoms with E-state index in [1.165, 1.54) is 24.3 Å². The molecule has 0 N–H and O–H groups in total. The Kier molecular flexibility index (Phi) is 5.13. The Morgan fingerprint density at radius 3 is 1.70 bits per heavy atom. The van der Waals surface area contributed by atoms with Crippen LogP contribution in [-0.4, -0.2) is 6.71 Å². The Morgan fingerprint density at radius 2 is 1.35 bits per heavy atom. The van der Waals surface area contributed by atoms with Gasteiger partial charge in [0.1, 0.15) is 11.6 Å². The molecule has 0 spiro atoms. The Bertz CT molecular complexity index is 541. The summed E-state index contributed by atoms with van der Waals surface area (Å²) in [4.78, 5) is 0. The summed E-state index contributed by atoms with van der Waals surface area (Å²) in [6, 6.07) is 12.9. The van der Waals surface area contributed by atoms with Crippen LogP contribution < -0.4 is 10.9 Å². The molecule has 20 heavy (non-hydrogen) atoms. The number of rotatable bonds is 4. The van der Waals surface area contributed by atoms with Gasteiger partial charge in [0.05, 0.1) is 0 Å². The fourth-order valence-electron chi connectivity index (χ4n) is 2.14. The summed E-state index contributed by atoms with van der Waals surface area (Å²) < 4.78 is 27.1. The molecule has 0 saturated carbocycles. The van der Waals surface area contributed by atoms with Crippen molar-refractivity contribution < 1.29 is 8.78 Å². The van der Waals surface area contributed by atoms with Crippen LogP contribution in [0.4, 0.5) is 8.78 Å². The maximum atomic E-state index is 13.1. The van der Waals surface area contributed by atoms with Crippen LogP contribution in [0.15, 0.2) is 59.1 Å². The van der Waals surface area contributed by atoms with E-state index in [0.29, 0.717) is 0 Å².